The van der Waals surface area contributed by atoms with Crippen molar-refractivity contribution in [1.29, 1.82) is 0 Å². The van der Waals surface area contributed by atoms with E-state index in [0.717, 1.165) is 35.7 Å². The van der Waals surface area contributed by atoms with Crippen molar-refractivity contribution in [2.45, 2.75) is 43.8 Å². The molecule has 4 rings (SSSR count). The van der Waals surface area contributed by atoms with Crippen LogP contribution in [0, 0.1) is 0 Å². The molecule has 0 saturated carbocycles. The number of rotatable bonds is 6. The molecule has 1 aromatic heterocycles. The number of carbonyl (C=O) groups excluding carboxylic acids is 1. The van der Waals surface area contributed by atoms with Gasteiger partial charge in [-0.2, -0.15) is 0 Å². The first kappa shape index (κ1) is 22.7. The highest BCUT2D eigenvalue weighted by Gasteiger charge is 2.24. The minimum Gasteiger partial charge on any atom is -0.345 e. The Morgan fingerprint density at radius 3 is 2.38 bits per heavy atom. The first-order valence-electron chi connectivity index (χ1n) is 11.0. The molecule has 1 fully saturated rings. The van der Waals surface area contributed by atoms with E-state index in [0.29, 0.717) is 18.0 Å². The van der Waals surface area contributed by atoms with Crippen molar-refractivity contribution in [3.05, 3.63) is 53.6 Å². The second-order valence-electron chi connectivity index (χ2n) is 8.40. The van der Waals surface area contributed by atoms with E-state index in [-0.39, 0.29) is 12.3 Å². The molecule has 1 amide bonds. The molecule has 0 aliphatic carbocycles. The molecule has 1 aliphatic rings. The van der Waals surface area contributed by atoms with Gasteiger partial charge in [0, 0.05) is 26.2 Å². The Labute approximate surface area is 193 Å². The largest absolute Gasteiger partial charge is 0.345 e. The van der Waals surface area contributed by atoms with Crippen LogP contribution in [0.3, 0.4) is 0 Å². The van der Waals surface area contributed by atoms with Crippen molar-refractivity contribution < 1.29 is 13.2 Å². The third kappa shape index (κ3) is 4.52. The molecule has 0 bridgehead atoms. The molecular formula is C24H29N3O3S2. The van der Waals surface area contributed by atoms with Gasteiger partial charge in [0.25, 0.3) is 0 Å². The topological polar surface area (TPSA) is 70.6 Å². The Morgan fingerprint density at radius 2 is 1.75 bits per heavy atom. The summed E-state index contributed by atoms with van der Waals surface area (Å²) in [5.41, 5.74) is 3.20. The zero-order valence-corrected chi connectivity index (χ0v) is 20.4. The van der Waals surface area contributed by atoms with Crippen LogP contribution in [-0.4, -0.2) is 55.6 Å². The lowest BCUT2D eigenvalue weighted by Crippen LogP contribution is -2.49. The second-order valence-corrected chi connectivity index (χ2v) is 11.9. The maximum absolute atomic E-state index is 12.8. The molecule has 0 atom stereocenters. The lowest BCUT2D eigenvalue weighted by molar-refractivity contribution is -0.130. The predicted molar refractivity (Wildman–Crippen MR) is 130 cm³/mol. The summed E-state index contributed by atoms with van der Waals surface area (Å²) >= 11 is 1.71. The fraction of sp³-hybridized carbons (Fsp3) is 0.417. The standard InChI is InChI=1S/C24H29N3O3S2/c1-4-19-6-5-7-21-23(19)25-24(31-21)27-14-12-26(13-15-27)22(28)16-18-8-10-20(11-9-18)32(29,30)17(2)3/h5-11,17H,4,12-16H2,1-3H3. The number of nitrogens with zero attached hydrogens (tertiary/aromatic N) is 3. The van der Waals surface area contributed by atoms with E-state index in [4.69, 9.17) is 4.98 Å². The van der Waals surface area contributed by atoms with Gasteiger partial charge < -0.3 is 9.80 Å². The number of hydrogen-bond donors (Lipinski definition) is 0. The van der Waals surface area contributed by atoms with Gasteiger partial charge in [-0.15, -0.1) is 0 Å². The van der Waals surface area contributed by atoms with Crippen LogP contribution in [0.15, 0.2) is 47.4 Å². The zero-order valence-electron chi connectivity index (χ0n) is 18.7. The second kappa shape index (κ2) is 9.19. The monoisotopic (exact) mass is 471 g/mol. The molecule has 3 aromatic rings. The maximum atomic E-state index is 12.8. The van der Waals surface area contributed by atoms with E-state index in [1.807, 2.05) is 4.90 Å². The Kier molecular flexibility index (Phi) is 6.53. The van der Waals surface area contributed by atoms with Crippen LogP contribution < -0.4 is 4.90 Å². The lowest BCUT2D eigenvalue weighted by Gasteiger charge is -2.34. The van der Waals surface area contributed by atoms with Gasteiger partial charge in [0.15, 0.2) is 15.0 Å². The number of piperazine rings is 1. The average Bonchev–Trinajstić information content (AvgIpc) is 3.24. The van der Waals surface area contributed by atoms with Gasteiger partial charge in [-0.05, 0) is 49.6 Å². The van der Waals surface area contributed by atoms with Crippen LogP contribution in [0.1, 0.15) is 31.9 Å². The van der Waals surface area contributed by atoms with Gasteiger partial charge >= 0.3 is 0 Å². The molecule has 32 heavy (non-hydrogen) atoms. The van der Waals surface area contributed by atoms with Crippen LogP contribution in [0.25, 0.3) is 10.2 Å². The third-order valence-corrected chi connectivity index (χ3v) is 9.25. The van der Waals surface area contributed by atoms with Gasteiger partial charge in [0.2, 0.25) is 5.91 Å². The van der Waals surface area contributed by atoms with Crippen LogP contribution in [0.5, 0.6) is 0 Å². The molecule has 0 spiro atoms. The van der Waals surface area contributed by atoms with E-state index in [9.17, 15) is 13.2 Å². The van der Waals surface area contributed by atoms with Crippen molar-refractivity contribution in [2.75, 3.05) is 31.1 Å². The SMILES string of the molecule is CCc1cccc2sc(N3CCN(C(=O)Cc4ccc(S(=O)(=O)C(C)C)cc4)CC3)nc12. The minimum absolute atomic E-state index is 0.0710. The van der Waals surface area contributed by atoms with E-state index < -0.39 is 15.1 Å². The molecule has 6 nitrogen and oxygen atoms in total. The number of para-hydroxylation sites is 1. The molecule has 0 N–H and O–H groups in total. The van der Waals surface area contributed by atoms with Crippen LogP contribution in [-0.2, 0) is 27.5 Å². The number of aromatic nitrogens is 1. The summed E-state index contributed by atoms with van der Waals surface area (Å²) in [6.45, 7) is 8.34. The fourth-order valence-electron chi connectivity index (χ4n) is 3.92. The summed E-state index contributed by atoms with van der Waals surface area (Å²) in [6, 6.07) is 13.0. The minimum atomic E-state index is -3.30. The summed E-state index contributed by atoms with van der Waals surface area (Å²) in [5.74, 6) is 0.0710. The van der Waals surface area contributed by atoms with Gasteiger partial charge in [-0.25, -0.2) is 13.4 Å². The first-order chi connectivity index (χ1) is 15.3. The van der Waals surface area contributed by atoms with E-state index in [1.54, 1.807) is 49.4 Å². The number of anilines is 1. The quantitative estimate of drug-likeness (QED) is 0.545. The number of sulfone groups is 1. The van der Waals surface area contributed by atoms with E-state index in [2.05, 4.69) is 30.0 Å². The number of fused-ring (bicyclic) bond motifs is 1. The summed E-state index contributed by atoms with van der Waals surface area (Å²) in [5, 5.41) is 0.560. The van der Waals surface area contributed by atoms with Crippen molar-refractivity contribution in [2.24, 2.45) is 0 Å². The van der Waals surface area contributed by atoms with Crippen molar-refractivity contribution in [1.82, 2.24) is 9.88 Å². The first-order valence-corrected chi connectivity index (χ1v) is 13.4. The molecule has 2 heterocycles. The molecule has 8 heteroatoms. The average molecular weight is 472 g/mol. The number of amides is 1. The van der Waals surface area contributed by atoms with E-state index >= 15 is 0 Å². The van der Waals surface area contributed by atoms with E-state index in [1.165, 1.54) is 10.3 Å². The summed E-state index contributed by atoms with van der Waals surface area (Å²) in [7, 11) is -3.30. The van der Waals surface area contributed by atoms with Crippen LogP contribution in [0.2, 0.25) is 0 Å². The highest BCUT2D eigenvalue weighted by atomic mass is 32.2. The van der Waals surface area contributed by atoms with Gasteiger partial charge in [0.1, 0.15) is 0 Å². The number of benzene rings is 2. The highest BCUT2D eigenvalue weighted by Crippen LogP contribution is 2.31. The maximum Gasteiger partial charge on any atom is 0.227 e. The molecular weight excluding hydrogens is 442 g/mol. The smallest absolute Gasteiger partial charge is 0.227 e. The fourth-order valence-corrected chi connectivity index (χ4v) is 6.04. The third-order valence-electron chi connectivity index (χ3n) is 6.00. The lowest BCUT2D eigenvalue weighted by atomic mass is 10.1. The number of aryl methyl sites for hydroxylation is 1. The zero-order chi connectivity index (χ0) is 22.9. The Bertz CT molecular complexity index is 1210. The Morgan fingerprint density at radius 1 is 1.06 bits per heavy atom. The van der Waals surface area contributed by atoms with Gasteiger partial charge in [-0.3, -0.25) is 4.79 Å². The Hall–Kier alpha value is -2.45. The Balaban J connectivity index is 1.37. The summed E-state index contributed by atoms with van der Waals surface area (Å²) in [6.07, 6.45) is 1.25. The summed E-state index contributed by atoms with van der Waals surface area (Å²) in [4.78, 5) is 22.1. The number of carbonyl (C=O) groups is 1. The van der Waals surface area contributed by atoms with Crippen molar-refractivity contribution >= 4 is 42.4 Å². The molecule has 170 valence electrons. The summed E-state index contributed by atoms with van der Waals surface area (Å²) < 4.78 is 25.7. The molecule has 2 aromatic carbocycles. The predicted octanol–water partition coefficient (Wildman–Crippen LogP) is 3.93. The van der Waals surface area contributed by atoms with Gasteiger partial charge in [-0.1, -0.05) is 42.5 Å². The molecule has 0 radical (unpaired) electrons. The van der Waals surface area contributed by atoms with Gasteiger partial charge in [0.05, 0.1) is 26.8 Å². The number of thiazole rings is 1. The highest BCUT2D eigenvalue weighted by molar-refractivity contribution is 7.92. The van der Waals surface area contributed by atoms with Crippen molar-refractivity contribution in [3.8, 4) is 0 Å². The molecule has 1 saturated heterocycles. The van der Waals surface area contributed by atoms with Crippen molar-refractivity contribution in [3.63, 3.8) is 0 Å². The van der Waals surface area contributed by atoms with Crippen LogP contribution in [0.4, 0.5) is 5.13 Å². The molecule has 0 unspecified atom stereocenters. The van der Waals surface area contributed by atoms with Crippen LogP contribution >= 0.6 is 11.3 Å². The normalized spacial score (nSPS) is 15.0. The molecule has 1 aliphatic heterocycles. The number of hydrogen-bond acceptors (Lipinski definition) is 6.